The monoisotopic (exact) mass is 170 g/mol. The standard InChI is InChI=1S/C7H7FN2O2/c8-4-1-5-7(12)9-2-6(11)10(5)3-4/h1,4H,2-3H2,(H,9,12)/t4-/m0/s1. The van der Waals surface area contributed by atoms with E-state index in [4.69, 9.17) is 0 Å². The first kappa shape index (κ1) is 7.27. The van der Waals surface area contributed by atoms with Gasteiger partial charge in [-0.2, -0.15) is 0 Å². The van der Waals surface area contributed by atoms with Crippen LogP contribution in [-0.2, 0) is 9.59 Å². The predicted octanol–water partition coefficient (Wildman–Crippen LogP) is -0.820. The van der Waals surface area contributed by atoms with Crippen LogP contribution in [0.3, 0.4) is 0 Å². The summed E-state index contributed by atoms with van der Waals surface area (Å²) in [5.74, 6) is -0.615. The van der Waals surface area contributed by atoms with Gasteiger partial charge < -0.3 is 10.2 Å². The van der Waals surface area contributed by atoms with Crippen LogP contribution < -0.4 is 5.32 Å². The molecular weight excluding hydrogens is 163 g/mol. The molecule has 0 radical (unpaired) electrons. The minimum Gasteiger partial charge on any atom is -0.342 e. The molecule has 0 spiro atoms. The molecule has 5 heteroatoms. The Morgan fingerprint density at radius 2 is 2.33 bits per heavy atom. The maximum Gasteiger partial charge on any atom is 0.268 e. The number of fused-ring (bicyclic) bond motifs is 1. The second-order valence-corrected chi connectivity index (χ2v) is 2.75. The molecule has 1 N–H and O–H groups in total. The first-order valence-corrected chi connectivity index (χ1v) is 3.63. The van der Waals surface area contributed by atoms with Gasteiger partial charge in [-0.25, -0.2) is 4.39 Å². The van der Waals surface area contributed by atoms with Crippen LogP contribution in [0.25, 0.3) is 0 Å². The molecule has 2 aliphatic heterocycles. The fourth-order valence-electron chi connectivity index (χ4n) is 1.36. The number of amides is 2. The first-order valence-electron chi connectivity index (χ1n) is 3.63. The second-order valence-electron chi connectivity index (χ2n) is 2.75. The van der Waals surface area contributed by atoms with E-state index in [-0.39, 0.29) is 30.6 Å². The highest BCUT2D eigenvalue weighted by Gasteiger charge is 2.35. The summed E-state index contributed by atoms with van der Waals surface area (Å²) in [6.07, 6.45) is -0.0281. The number of carbonyl (C=O) groups excluding carboxylic acids is 2. The third kappa shape index (κ3) is 0.895. The first-order chi connectivity index (χ1) is 5.68. The summed E-state index contributed by atoms with van der Waals surface area (Å²) in [5, 5.41) is 2.36. The molecule has 0 unspecified atom stereocenters. The summed E-state index contributed by atoms with van der Waals surface area (Å²) in [7, 11) is 0. The molecule has 0 saturated carbocycles. The molecule has 2 aliphatic rings. The molecule has 2 amide bonds. The van der Waals surface area contributed by atoms with Gasteiger partial charge in [-0.3, -0.25) is 9.59 Å². The van der Waals surface area contributed by atoms with Gasteiger partial charge in [0.05, 0.1) is 13.1 Å². The lowest BCUT2D eigenvalue weighted by atomic mass is 10.3. The van der Waals surface area contributed by atoms with E-state index >= 15 is 0 Å². The quantitative estimate of drug-likeness (QED) is 0.516. The molecule has 0 aromatic rings. The van der Waals surface area contributed by atoms with Crippen molar-refractivity contribution in [2.75, 3.05) is 13.1 Å². The summed E-state index contributed by atoms with van der Waals surface area (Å²) in [6.45, 7) is -0.0372. The second kappa shape index (κ2) is 2.30. The van der Waals surface area contributed by atoms with Gasteiger partial charge in [0.1, 0.15) is 11.9 Å². The molecule has 2 rings (SSSR count). The highest BCUT2D eigenvalue weighted by atomic mass is 19.1. The topological polar surface area (TPSA) is 49.4 Å². The van der Waals surface area contributed by atoms with Crippen LogP contribution in [0.15, 0.2) is 11.8 Å². The normalized spacial score (nSPS) is 28.2. The molecule has 0 aliphatic carbocycles. The number of hydrogen-bond acceptors (Lipinski definition) is 2. The molecule has 0 aromatic heterocycles. The largest absolute Gasteiger partial charge is 0.342 e. The van der Waals surface area contributed by atoms with E-state index in [9.17, 15) is 14.0 Å². The Morgan fingerprint density at radius 3 is 3.00 bits per heavy atom. The maximum absolute atomic E-state index is 12.7. The number of nitrogens with zero attached hydrogens (tertiary/aromatic N) is 1. The van der Waals surface area contributed by atoms with Crippen LogP contribution in [0.1, 0.15) is 0 Å². The van der Waals surface area contributed by atoms with E-state index in [0.717, 1.165) is 0 Å². The van der Waals surface area contributed by atoms with Crippen molar-refractivity contribution >= 4 is 11.8 Å². The van der Waals surface area contributed by atoms with Gasteiger partial charge in [0.15, 0.2) is 0 Å². The molecule has 4 nitrogen and oxygen atoms in total. The van der Waals surface area contributed by atoms with Gasteiger partial charge in [0, 0.05) is 0 Å². The Labute approximate surface area is 68.0 Å². The summed E-state index contributed by atoms with van der Waals surface area (Å²) < 4.78 is 12.7. The Bertz CT molecular complexity index is 287. The van der Waals surface area contributed by atoms with Crippen LogP contribution in [0.4, 0.5) is 4.39 Å². The molecule has 12 heavy (non-hydrogen) atoms. The zero-order valence-electron chi connectivity index (χ0n) is 6.21. The maximum atomic E-state index is 12.7. The van der Waals surface area contributed by atoms with Crippen LogP contribution in [0.5, 0.6) is 0 Å². The smallest absolute Gasteiger partial charge is 0.268 e. The van der Waals surface area contributed by atoms with Crippen LogP contribution in [0, 0.1) is 0 Å². The minimum absolute atomic E-state index is 0.0123. The van der Waals surface area contributed by atoms with E-state index in [1.807, 2.05) is 0 Å². The van der Waals surface area contributed by atoms with E-state index in [1.54, 1.807) is 0 Å². The number of rotatable bonds is 0. The van der Waals surface area contributed by atoms with E-state index in [1.165, 1.54) is 11.0 Å². The van der Waals surface area contributed by atoms with Crippen molar-refractivity contribution in [3.8, 4) is 0 Å². The number of halogens is 1. The number of carbonyl (C=O) groups is 2. The van der Waals surface area contributed by atoms with Gasteiger partial charge in [0.2, 0.25) is 5.91 Å². The van der Waals surface area contributed by atoms with Crippen LogP contribution >= 0.6 is 0 Å². The Hall–Kier alpha value is -1.39. The molecule has 1 fully saturated rings. The van der Waals surface area contributed by atoms with E-state index < -0.39 is 6.17 Å². The lowest BCUT2D eigenvalue weighted by molar-refractivity contribution is -0.136. The van der Waals surface area contributed by atoms with Crippen molar-refractivity contribution in [3.63, 3.8) is 0 Å². The highest BCUT2D eigenvalue weighted by molar-refractivity contribution is 6.03. The third-order valence-electron chi connectivity index (χ3n) is 1.92. The Morgan fingerprint density at radius 1 is 1.58 bits per heavy atom. The molecular formula is C7H7FN2O2. The number of alkyl halides is 1. The van der Waals surface area contributed by atoms with Crippen molar-refractivity contribution in [1.29, 1.82) is 0 Å². The Balaban J connectivity index is 2.32. The van der Waals surface area contributed by atoms with E-state index in [0.29, 0.717) is 0 Å². The highest BCUT2D eigenvalue weighted by Crippen LogP contribution is 2.19. The van der Waals surface area contributed by atoms with Crippen molar-refractivity contribution in [3.05, 3.63) is 11.8 Å². The molecule has 64 valence electrons. The summed E-state index contributed by atoms with van der Waals surface area (Å²) in [5.41, 5.74) is 0.152. The molecule has 1 atom stereocenters. The Kier molecular flexibility index (Phi) is 1.39. The number of nitrogens with one attached hydrogen (secondary N) is 1. The van der Waals surface area contributed by atoms with E-state index in [2.05, 4.69) is 5.32 Å². The molecule has 0 aromatic carbocycles. The zero-order valence-corrected chi connectivity index (χ0v) is 6.21. The lowest BCUT2D eigenvalue weighted by Gasteiger charge is -2.24. The van der Waals surface area contributed by atoms with Gasteiger partial charge in [0.25, 0.3) is 5.91 Å². The van der Waals surface area contributed by atoms with Crippen molar-refractivity contribution in [2.45, 2.75) is 6.17 Å². The third-order valence-corrected chi connectivity index (χ3v) is 1.92. The van der Waals surface area contributed by atoms with Crippen LogP contribution in [0.2, 0.25) is 0 Å². The average molecular weight is 170 g/mol. The summed E-state index contributed by atoms with van der Waals surface area (Å²) >= 11 is 0. The predicted molar refractivity (Wildman–Crippen MR) is 37.7 cm³/mol. The van der Waals surface area contributed by atoms with Gasteiger partial charge >= 0.3 is 0 Å². The van der Waals surface area contributed by atoms with Crippen molar-refractivity contribution in [1.82, 2.24) is 10.2 Å². The van der Waals surface area contributed by atoms with Gasteiger partial charge in [-0.15, -0.1) is 0 Å². The zero-order chi connectivity index (χ0) is 8.72. The van der Waals surface area contributed by atoms with Crippen molar-refractivity contribution in [2.24, 2.45) is 0 Å². The molecule has 1 saturated heterocycles. The number of piperazine rings is 1. The van der Waals surface area contributed by atoms with Gasteiger partial charge in [-0.05, 0) is 6.08 Å². The summed E-state index contributed by atoms with van der Waals surface area (Å²) in [4.78, 5) is 23.3. The van der Waals surface area contributed by atoms with Gasteiger partial charge in [-0.1, -0.05) is 0 Å². The number of hydrogen-bond donors (Lipinski definition) is 1. The lowest BCUT2D eigenvalue weighted by Crippen LogP contribution is -2.48. The summed E-state index contributed by atoms with van der Waals surface area (Å²) in [6, 6.07) is 0. The minimum atomic E-state index is -1.20. The average Bonchev–Trinajstić information content (AvgIpc) is 2.41. The SMILES string of the molecule is O=C1NCC(=O)N2C[C@@H](F)C=C12. The fourth-order valence-corrected chi connectivity index (χ4v) is 1.36. The molecule has 2 heterocycles. The molecule has 0 bridgehead atoms. The van der Waals surface area contributed by atoms with Crippen molar-refractivity contribution < 1.29 is 14.0 Å². The fraction of sp³-hybridized carbons (Fsp3) is 0.429. The van der Waals surface area contributed by atoms with Crippen LogP contribution in [-0.4, -0.2) is 36.0 Å².